The minimum atomic E-state index is -0.368. The van der Waals surface area contributed by atoms with Gasteiger partial charge in [0.2, 0.25) is 11.8 Å². The Morgan fingerprint density at radius 3 is 2.56 bits per heavy atom. The van der Waals surface area contributed by atoms with Gasteiger partial charge in [0.05, 0.1) is 13.0 Å². The van der Waals surface area contributed by atoms with Gasteiger partial charge in [0, 0.05) is 37.9 Å². The van der Waals surface area contributed by atoms with E-state index in [9.17, 15) is 9.59 Å². The second kappa shape index (κ2) is 8.68. The van der Waals surface area contributed by atoms with Gasteiger partial charge in [0.15, 0.2) is 0 Å². The van der Waals surface area contributed by atoms with Crippen LogP contribution in [0.1, 0.15) is 18.1 Å². The molecular formula is C21H24N2O4. The minimum Gasteiger partial charge on any atom is -0.496 e. The van der Waals surface area contributed by atoms with Gasteiger partial charge in [-0.3, -0.25) is 9.59 Å². The first-order valence-electron chi connectivity index (χ1n) is 8.93. The van der Waals surface area contributed by atoms with Crippen LogP contribution in [0, 0.1) is 5.92 Å². The summed E-state index contributed by atoms with van der Waals surface area (Å²) in [5.41, 5.74) is 1.69. The number of anilines is 1. The SMILES string of the molecule is COc1ccccc1[C@H](CNC(=O)[C@H]1CC(=O)N(c2ccccc2)C1)OC. The molecule has 2 atom stereocenters. The summed E-state index contributed by atoms with van der Waals surface area (Å²) in [5.74, 6) is 0.172. The van der Waals surface area contributed by atoms with E-state index in [1.165, 1.54) is 0 Å². The second-order valence-corrected chi connectivity index (χ2v) is 6.45. The van der Waals surface area contributed by atoms with Crippen molar-refractivity contribution in [2.24, 2.45) is 5.92 Å². The molecule has 2 amide bonds. The molecule has 1 fully saturated rings. The van der Waals surface area contributed by atoms with E-state index in [-0.39, 0.29) is 30.3 Å². The summed E-state index contributed by atoms with van der Waals surface area (Å²) in [7, 11) is 3.20. The maximum absolute atomic E-state index is 12.6. The zero-order valence-electron chi connectivity index (χ0n) is 15.6. The van der Waals surface area contributed by atoms with E-state index in [2.05, 4.69) is 5.32 Å². The fourth-order valence-electron chi connectivity index (χ4n) is 3.33. The van der Waals surface area contributed by atoms with Crippen molar-refractivity contribution in [3.8, 4) is 5.75 Å². The Morgan fingerprint density at radius 2 is 1.85 bits per heavy atom. The van der Waals surface area contributed by atoms with Crippen molar-refractivity contribution in [1.29, 1.82) is 0 Å². The summed E-state index contributed by atoms with van der Waals surface area (Å²) in [6.07, 6.45) is -0.111. The summed E-state index contributed by atoms with van der Waals surface area (Å²) >= 11 is 0. The van der Waals surface area contributed by atoms with Gasteiger partial charge in [0.25, 0.3) is 0 Å². The third-order valence-electron chi connectivity index (χ3n) is 4.80. The third-order valence-corrected chi connectivity index (χ3v) is 4.80. The van der Waals surface area contributed by atoms with Crippen molar-refractivity contribution in [3.05, 3.63) is 60.2 Å². The highest BCUT2D eigenvalue weighted by molar-refractivity contribution is 6.00. The highest BCUT2D eigenvalue weighted by Crippen LogP contribution is 2.27. The molecule has 1 aliphatic rings. The van der Waals surface area contributed by atoms with Crippen molar-refractivity contribution in [2.75, 3.05) is 32.2 Å². The quantitative estimate of drug-likeness (QED) is 0.816. The van der Waals surface area contributed by atoms with E-state index < -0.39 is 0 Å². The molecule has 3 rings (SSSR count). The number of hydrogen-bond donors (Lipinski definition) is 1. The molecule has 0 aliphatic carbocycles. The highest BCUT2D eigenvalue weighted by Gasteiger charge is 2.35. The molecule has 1 heterocycles. The highest BCUT2D eigenvalue weighted by atomic mass is 16.5. The number of nitrogens with one attached hydrogen (secondary N) is 1. The van der Waals surface area contributed by atoms with Crippen LogP contribution in [0.25, 0.3) is 0 Å². The number of ether oxygens (including phenoxy) is 2. The Kier molecular flexibility index (Phi) is 6.08. The predicted molar refractivity (Wildman–Crippen MR) is 103 cm³/mol. The minimum absolute atomic E-state index is 0.0330. The standard InChI is InChI=1S/C21H24N2O4/c1-26-18-11-7-6-10-17(18)19(27-2)13-22-21(25)15-12-20(24)23(14-15)16-8-4-3-5-9-16/h3-11,15,19H,12-14H2,1-2H3,(H,22,25)/t15-,19-/m0/s1. The Balaban J connectivity index is 1.61. The molecule has 0 saturated carbocycles. The van der Waals surface area contributed by atoms with Gasteiger partial charge < -0.3 is 19.7 Å². The number of para-hydroxylation sites is 2. The number of hydrogen-bond acceptors (Lipinski definition) is 4. The molecule has 2 aromatic carbocycles. The van der Waals surface area contributed by atoms with Gasteiger partial charge in [-0.1, -0.05) is 36.4 Å². The lowest BCUT2D eigenvalue weighted by Gasteiger charge is -2.20. The fourth-order valence-corrected chi connectivity index (χ4v) is 3.33. The lowest BCUT2D eigenvalue weighted by Crippen LogP contribution is -2.35. The number of rotatable bonds is 7. The molecule has 2 aromatic rings. The van der Waals surface area contributed by atoms with Crippen LogP contribution in [0.2, 0.25) is 0 Å². The van der Waals surface area contributed by atoms with E-state index in [1.54, 1.807) is 19.1 Å². The predicted octanol–water partition coefficient (Wildman–Crippen LogP) is 2.55. The van der Waals surface area contributed by atoms with Gasteiger partial charge in [-0.05, 0) is 18.2 Å². The van der Waals surface area contributed by atoms with Crippen LogP contribution in [0.5, 0.6) is 5.75 Å². The third kappa shape index (κ3) is 4.28. The van der Waals surface area contributed by atoms with E-state index in [4.69, 9.17) is 9.47 Å². The van der Waals surface area contributed by atoms with Crippen molar-refractivity contribution in [3.63, 3.8) is 0 Å². The smallest absolute Gasteiger partial charge is 0.227 e. The zero-order valence-corrected chi connectivity index (χ0v) is 15.6. The summed E-state index contributed by atoms with van der Waals surface area (Å²) in [6.45, 7) is 0.701. The molecule has 0 aromatic heterocycles. The largest absolute Gasteiger partial charge is 0.496 e. The van der Waals surface area contributed by atoms with Crippen LogP contribution >= 0.6 is 0 Å². The van der Waals surface area contributed by atoms with Crippen molar-refractivity contribution < 1.29 is 19.1 Å². The molecule has 6 heteroatoms. The summed E-state index contributed by atoms with van der Waals surface area (Å²) < 4.78 is 10.9. The first kappa shape index (κ1) is 18.9. The molecule has 0 unspecified atom stereocenters. The number of carbonyl (C=O) groups is 2. The normalized spacial score (nSPS) is 17.6. The number of carbonyl (C=O) groups excluding carboxylic acids is 2. The second-order valence-electron chi connectivity index (χ2n) is 6.45. The van der Waals surface area contributed by atoms with Crippen LogP contribution < -0.4 is 15.0 Å². The van der Waals surface area contributed by atoms with E-state index in [0.29, 0.717) is 18.8 Å². The van der Waals surface area contributed by atoms with Crippen molar-refractivity contribution >= 4 is 17.5 Å². The summed E-state index contributed by atoms with van der Waals surface area (Å²) in [6, 6.07) is 17.0. The maximum Gasteiger partial charge on any atom is 0.227 e. The fraction of sp³-hybridized carbons (Fsp3) is 0.333. The maximum atomic E-state index is 12.6. The topological polar surface area (TPSA) is 67.9 Å². The van der Waals surface area contributed by atoms with Crippen LogP contribution in [0.4, 0.5) is 5.69 Å². The monoisotopic (exact) mass is 368 g/mol. The molecule has 0 bridgehead atoms. The number of amides is 2. The Morgan fingerprint density at radius 1 is 1.15 bits per heavy atom. The molecule has 1 saturated heterocycles. The number of benzene rings is 2. The lowest BCUT2D eigenvalue weighted by atomic mass is 10.1. The van der Waals surface area contributed by atoms with E-state index in [0.717, 1.165) is 11.3 Å². The van der Waals surface area contributed by atoms with Gasteiger partial charge in [0.1, 0.15) is 11.9 Å². The Bertz CT molecular complexity index is 794. The molecule has 0 spiro atoms. The van der Waals surface area contributed by atoms with Crippen LogP contribution in [0.15, 0.2) is 54.6 Å². The average molecular weight is 368 g/mol. The van der Waals surface area contributed by atoms with Crippen molar-refractivity contribution in [2.45, 2.75) is 12.5 Å². The molecule has 142 valence electrons. The average Bonchev–Trinajstić information content (AvgIpc) is 3.11. The van der Waals surface area contributed by atoms with E-state index >= 15 is 0 Å². The van der Waals surface area contributed by atoms with Crippen LogP contribution in [0.3, 0.4) is 0 Å². The van der Waals surface area contributed by atoms with Gasteiger partial charge in [-0.25, -0.2) is 0 Å². The van der Waals surface area contributed by atoms with Crippen LogP contribution in [-0.4, -0.2) is 39.1 Å². The van der Waals surface area contributed by atoms with Crippen molar-refractivity contribution in [1.82, 2.24) is 5.32 Å². The Hall–Kier alpha value is -2.86. The first-order chi connectivity index (χ1) is 13.1. The first-order valence-corrected chi connectivity index (χ1v) is 8.93. The molecule has 6 nitrogen and oxygen atoms in total. The summed E-state index contributed by atoms with van der Waals surface area (Å²) in [4.78, 5) is 26.6. The van der Waals surface area contributed by atoms with Crippen LogP contribution in [-0.2, 0) is 14.3 Å². The zero-order chi connectivity index (χ0) is 19.2. The molecule has 27 heavy (non-hydrogen) atoms. The van der Waals surface area contributed by atoms with Gasteiger partial charge in [-0.2, -0.15) is 0 Å². The summed E-state index contributed by atoms with van der Waals surface area (Å²) in [5, 5.41) is 2.92. The molecular weight excluding hydrogens is 344 g/mol. The number of nitrogens with zero attached hydrogens (tertiary/aromatic N) is 1. The molecule has 1 aliphatic heterocycles. The van der Waals surface area contributed by atoms with Gasteiger partial charge in [-0.15, -0.1) is 0 Å². The molecule has 0 radical (unpaired) electrons. The molecule has 1 N–H and O–H groups in total. The Labute approximate surface area is 159 Å². The van der Waals surface area contributed by atoms with E-state index in [1.807, 2.05) is 54.6 Å². The number of methoxy groups -OCH3 is 2. The van der Waals surface area contributed by atoms with Gasteiger partial charge >= 0.3 is 0 Å². The lowest BCUT2D eigenvalue weighted by molar-refractivity contribution is -0.126.